The van der Waals surface area contributed by atoms with Gasteiger partial charge in [-0.25, -0.2) is 9.37 Å². The van der Waals surface area contributed by atoms with Crippen LogP contribution in [0.1, 0.15) is 11.1 Å². The van der Waals surface area contributed by atoms with E-state index in [0.717, 1.165) is 33.3 Å². The van der Waals surface area contributed by atoms with E-state index in [2.05, 4.69) is 15.3 Å². The van der Waals surface area contributed by atoms with Crippen molar-refractivity contribution in [3.05, 3.63) is 102 Å². The fraction of sp³-hybridized carbons (Fsp3) is 0.143. The van der Waals surface area contributed by atoms with Crippen molar-refractivity contribution < 1.29 is 17.6 Å². The topological polar surface area (TPSA) is 63.8 Å². The third-order valence-corrected chi connectivity index (χ3v) is 7.02. The summed E-state index contributed by atoms with van der Waals surface area (Å²) in [6.45, 7) is 0.341. The van der Waals surface area contributed by atoms with E-state index in [1.54, 1.807) is 30.6 Å². The summed E-state index contributed by atoms with van der Waals surface area (Å²) in [5.41, 5.74) is 8.09. The Balaban J connectivity index is 1.38. The van der Waals surface area contributed by atoms with Crippen molar-refractivity contribution in [1.29, 1.82) is 0 Å². The van der Waals surface area contributed by atoms with E-state index in [1.807, 2.05) is 24.3 Å². The summed E-state index contributed by atoms with van der Waals surface area (Å²) in [6, 6.07) is 19.0. The van der Waals surface area contributed by atoms with Crippen molar-refractivity contribution in [1.82, 2.24) is 9.97 Å². The number of nitrogens with zero attached hydrogens (tertiary/aromatic N) is 2. The summed E-state index contributed by atoms with van der Waals surface area (Å²) < 4.78 is 53.2. The molecule has 3 N–H and O–H groups in total. The van der Waals surface area contributed by atoms with Gasteiger partial charge in [-0.15, -0.1) is 0 Å². The van der Waals surface area contributed by atoms with Gasteiger partial charge in [0.05, 0.1) is 16.1 Å². The third-order valence-electron chi connectivity index (χ3n) is 5.95. The van der Waals surface area contributed by atoms with Crippen LogP contribution < -0.4 is 11.1 Å². The van der Waals surface area contributed by atoms with Crippen LogP contribution in [-0.4, -0.2) is 22.6 Å². The van der Waals surface area contributed by atoms with Crippen LogP contribution >= 0.6 is 11.3 Å². The highest BCUT2D eigenvalue weighted by molar-refractivity contribution is 7.19. The Kier molecular flexibility index (Phi) is 6.90. The lowest BCUT2D eigenvalue weighted by Gasteiger charge is -2.13. The zero-order chi connectivity index (χ0) is 26.0. The number of halogens is 4. The molecule has 0 saturated heterocycles. The van der Waals surface area contributed by atoms with Gasteiger partial charge in [0.25, 0.3) is 0 Å². The maximum atomic E-state index is 14.7. The second-order valence-corrected chi connectivity index (χ2v) is 9.65. The number of rotatable bonds is 7. The van der Waals surface area contributed by atoms with Gasteiger partial charge in [-0.1, -0.05) is 47.7 Å². The minimum Gasteiger partial charge on any atom is -0.360 e. The number of aromatic nitrogens is 2. The lowest BCUT2D eigenvalue weighted by atomic mass is 10.0. The van der Waals surface area contributed by atoms with Gasteiger partial charge in [-0.2, -0.15) is 13.2 Å². The first-order chi connectivity index (χ1) is 17.8. The zero-order valence-corrected chi connectivity index (χ0v) is 20.3. The van der Waals surface area contributed by atoms with Crippen molar-refractivity contribution in [3.8, 4) is 21.7 Å². The van der Waals surface area contributed by atoms with E-state index in [0.29, 0.717) is 34.9 Å². The molecule has 2 heterocycles. The number of pyridine rings is 1. The number of benzene rings is 3. The van der Waals surface area contributed by atoms with Crippen LogP contribution in [0.4, 0.5) is 22.7 Å². The summed E-state index contributed by atoms with van der Waals surface area (Å²) in [5.74, 6) is -0.371. The summed E-state index contributed by atoms with van der Waals surface area (Å²) in [6.07, 6.45) is -0.471. The second-order valence-electron chi connectivity index (χ2n) is 8.65. The Labute approximate surface area is 214 Å². The third kappa shape index (κ3) is 5.63. The van der Waals surface area contributed by atoms with Crippen molar-refractivity contribution >= 4 is 27.2 Å². The molecule has 0 aliphatic rings. The van der Waals surface area contributed by atoms with Crippen molar-refractivity contribution in [2.75, 3.05) is 11.9 Å². The molecule has 1 atom stereocenters. The van der Waals surface area contributed by atoms with Gasteiger partial charge >= 0.3 is 6.18 Å². The lowest BCUT2D eigenvalue weighted by molar-refractivity contribution is -0.137. The van der Waals surface area contributed by atoms with Crippen LogP contribution in [0.2, 0.25) is 0 Å². The highest BCUT2D eigenvalue weighted by atomic mass is 32.1. The molecule has 0 unspecified atom stereocenters. The number of fused-ring (bicyclic) bond motifs is 1. The van der Waals surface area contributed by atoms with Crippen molar-refractivity contribution in [2.45, 2.75) is 18.6 Å². The number of alkyl halides is 3. The molecular weight excluding hydrogens is 500 g/mol. The number of nitrogens with one attached hydrogen (secondary N) is 1. The second kappa shape index (κ2) is 10.3. The highest BCUT2D eigenvalue weighted by Gasteiger charge is 2.30. The predicted octanol–water partition coefficient (Wildman–Crippen LogP) is 7.17. The molecule has 188 valence electrons. The van der Waals surface area contributed by atoms with Crippen LogP contribution in [0.15, 0.2) is 85.2 Å². The number of hydrogen-bond acceptors (Lipinski definition) is 5. The zero-order valence-electron chi connectivity index (χ0n) is 19.5. The Bertz CT molecular complexity index is 1530. The Morgan fingerprint density at radius 1 is 0.946 bits per heavy atom. The van der Waals surface area contributed by atoms with Crippen LogP contribution in [0, 0.1) is 5.82 Å². The molecule has 0 bridgehead atoms. The van der Waals surface area contributed by atoms with E-state index in [4.69, 9.17) is 5.73 Å². The number of hydrogen-bond donors (Lipinski definition) is 2. The molecule has 0 spiro atoms. The number of thiazole rings is 1. The molecule has 4 nitrogen and oxygen atoms in total. The largest absolute Gasteiger partial charge is 0.416 e. The van der Waals surface area contributed by atoms with Gasteiger partial charge in [0.2, 0.25) is 0 Å². The highest BCUT2D eigenvalue weighted by Crippen LogP contribution is 2.40. The summed E-state index contributed by atoms with van der Waals surface area (Å²) in [4.78, 5) is 9.65. The molecule has 0 radical (unpaired) electrons. The predicted molar refractivity (Wildman–Crippen MR) is 140 cm³/mol. The Morgan fingerprint density at radius 2 is 1.73 bits per heavy atom. The van der Waals surface area contributed by atoms with Gasteiger partial charge in [-0.3, -0.25) is 4.98 Å². The Hall–Kier alpha value is -3.82. The molecule has 9 heteroatoms. The average molecular weight is 523 g/mol. The average Bonchev–Trinajstić information content (AvgIpc) is 3.31. The van der Waals surface area contributed by atoms with Crippen LogP contribution in [0.3, 0.4) is 0 Å². The molecule has 2 aromatic heterocycles. The fourth-order valence-electron chi connectivity index (χ4n) is 4.07. The summed E-state index contributed by atoms with van der Waals surface area (Å²) in [5, 5.41) is 5.81. The normalized spacial score (nSPS) is 12.6. The molecule has 5 rings (SSSR count). The molecule has 0 amide bonds. The van der Waals surface area contributed by atoms with Crippen LogP contribution in [0.25, 0.3) is 32.5 Å². The fourth-order valence-corrected chi connectivity index (χ4v) is 5.06. The monoisotopic (exact) mass is 522 g/mol. The maximum Gasteiger partial charge on any atom is 0.416 e. The summed E-state index contributed by atoms with van der Waals surface area (Å²) in [7, 11) is 0. The minimum atomic E-state index is -4.37. The molecular formula is C28H22F4N4S. The SMILES string of the molecule is N[C@H](CNc1nc(-c2ccccc2F)c(-c2ccc3cnccc3c2)s1)Cc1ccc(C(F)(F)F)cc1. The van der Waals surface area contributed by atoms with E-state index >= 15 is 0 Å². The van der Waals surface area contributed by atoms with Gasteiger partial charge in [0.15, 0.2) is 5.13 Å². The van der Waals surface area contributed by atoms with Gasteiger partial charge in [-0.05, 0) is 59.3 Å². The molecule has 0 fully saturated rings. The summed E-state index contributed by atoms with van der Waals surface area (Å²) >= 11 is 1.39. The lowest BCUT2D eigenvalue weighted by Crippen LogP contribution is -2.31. The van der Waals surface area contributed by atoms with E-state index < -0.39 is 11.7 Å². The first-order valence-electron chi connectivity index (χ1n) is 11.5. The van der Waals surface area contributed by atoms with Gasteiger partial charge < -0.3 is 11.1 Å². The van der Waals surface area contributed by atoms with E-state index in [-0.39, 0.29) is 11.9 Å². The maximum absolute atomic E-state index is 14.7. The van der Waals surface area contributed by atoms with Crippen molar-refractivity contribution in [3.63, 3.8) is 0 Å². The molecule has 0 saturated carbocycles. The van der Waals surface area contributed by atoms with Crippen LogP contribution in [0.5, 0.6) is 0 Å². The van der Waals surface area contributed by atoms with Crippen LogP contribution in [-0.2, 0) is 12.6 Å². The van der Waals surface area contributed by atoms with Gasteiger partial charge in [0, 0.05) is 35.9 Å². The quantitative estimate of drug-likeness (QED) is 0.223. The molecule has 37 heavy (non-hydrogen) atoms. The molecule has 3 aromatic carbocycles. The minimum absolute atomic E-state index is 0.341. The first kappa shape index (κ1) is 24.9. The number of anilines is 1. The molecule has 5 aromatic rings. The Morgan fingerprint density at radius 3 is 2.49 bits per heavy atom. The molecule has 0 aliphatic carbocycles. The van der Waals surface area contributed by atoms with Gasteiger partial charge in [0.1, 0.15) is 5.82 Å². The smallest absolute Gasteiger partial charge is 0.360 e. The first-order valence-corrected chi connectivity index (χ1v) is 12.3. The standard InChI is InChI=1S/C28H22F4N4S/c29-24-4-2-1-3-23(24)25-26(19-7-8-20-15-34-12-11-18(20)14-19)37-27(36-25)35-16-22(33)13-17-5-9-21(10-6-17)28(30,31)32/h1-12,14-15,22H,13,16,33H2,(H,35,36)/t22-/m0/s1. The number of nitrogens with two attached hydrogens (primary N) is 1. The molecule has 0 aliphatic heterocycles. The van der Waals surface area contributed by atoms with Crippen molar-refractivity contribution in [2.24, 2.45) is 5.73 Å². The van der Waals surface area contributed by atoms with E-state index in [9.17, 15) is 17.6 Å². The van der Waals surface area contributed by atoms with E-state index in [1.165, 1.54) is 29.5 Å².